The molecular weight excluding hydrogens is 374 g/mol. The number of rotatable bonds is 6. The van der Waals surface area contributed by atoms with Gasteiger partial charge in [-0.05, 0) is 50.3 Å². The third kappa shape index (κ3) is 3.75. The fourth-order valence-electron chi connectivity index (χ4n) is 3.72. The number of esters is 1. The summed E-state index contributed by atoms with van der Waals surface area (Å²) in [6.07, 6.45) is 2.34. The number of carbonyl (C=O) groups excluding carboxylic acids is 2. The minimum absolute atomic E-state index is 0.179. The van der Waals surface area contributed by atoms with E-state index in [0.717, 1.165) is 47.5 Å². The molecule has 3 aromatic rings. The summed E-state index contributed by atoms with van der Waals surface area (Å²) in [6, 6.07) is 11.5. The van der Waals surface area contributed by atoms with Crippen LogP contribution < -0.4 is 0 Å². The van der Waals surface area contributed by atoms with E-state index in [0.29, 0.717) is 10.4 Å². The van der Waals surface area contributed by atoms with Crippen molar-refractivity contribution >= 4 is 33.2 Å². The van der Waals surface area contributed by atoms with Gasteiger partial charge in [0.15, 0.2) is 6.61 Å². The predicted molar refractivity (Wildman–Crippen MR) is 109 cm³/mol. The van der Waals surface area contributed by atoms with Crippen LogP contribution in [0.3, 0.4) is 0 Å². The van der Waals surface area contributed by atoms with E-state index in [4.69, 9.17) is 9.47 Å². The molecule has 2 aromatic heterocycles. The Morgan fingerprint density at radius 2 is 2.07 bits per heavy atom. The van der Waals surface area contributed by atoms with Gasteiger partial charge < -0.3 is 14.0 Å². The first-order valence-electron chi connectivity index (χ1n) is 9.50. The van der Waals surface area contributed by atoms with Crippen LogP contribution in [0, 0.1) is 13.8 Å². The predicted octanol–water partition coefficient (Wildman–Crippen LogP) is 4.54. The molecule has 0 aliphatic carbocycles. The monoisotopic (exact) mass is 397 g/mol. The number of ketones is 1. The van der Waals surface area contributed by atoms with Gasteiger partial charge in [-0.1, -0.05) is 18.2 Å². The average molecular weight is 397 g/mol. The van der Waals surface area contributed by atoms with Crippen LogP contribution >= 0.6 is 11.3 Å². The third-order valence-corrected chi connectivity index (χ3v) is 6.34. The number of nitrogens with zero attached hydrogens (tertiary/aromatic N) is 1. The summed E-state index contributed by atoms with van der Waals surface area (Å²) >= 11 is 1.38. The van der Waals surface area contributed by atoms with Crippen LogP contribution in [0.5, 0.6) is 0 Å². The van der Waals surface area contributed by atoms with Gasteiger partial charge >= 0.3 is 5.97 Å². The number of carbonyl (C=O) groups is 2. The average Bonchev–Trinajstić information content (AvgIpc) is 3.41. The van der Waals surface area contributed by atoms with E-state index >= 15 is 0 Å². The quantitative estimate of drug-likeness (QED) is 0.453. The molecule has 1 fully saturated rings. The van der Waals surface area contributed by atoms with Crippen LogP contribution in [-0.2, 0) is 16.0 Å². The Morgan fingerprint density at radius 1 is 1.25 bits per heavy atom. The zero-order valence-electron chi connectivity index (χ0n) is 16.1. The van der Waals surface area contributed by atoms with Gasteiger partial charge in [-0.3, -0.25) is 4.79 Å². The molecular formula is C22H23NO4S. The van der Waals surface area contributed by atoms with Gasteiger partial charge in [-0.15, -0.1) is 11.3 Å². The van der Waals surface area contributed by atoms with Crippen LogP contribution in [0.1, 0.15) is 44.3 Å². The van der Waals surface area contributed by atoms with Gasteiger partial charge in [0, 0.05) is 34.8 Å². The molecule has 0 saturated carbocycles. The molecule has 1 atom stereocenters. The molecule has 1 saturated heterocycles. The van der Waals surface area contributed by atoms with Crippen molar-refractivity contribution in [2.75, 3.05) is 13.2 Å². The molecule has 0 spiro atoms. The summed E-state index contributed by atoms with van der Waals surface area (Å²) in [6.45, 7) is 5.23. The van der Waals surface area contributed by atoms with Crippen LogP contribution in [0.25, 0.3) is 10.1 Å². The minimum Gasteiger partial charge on any atom is -0.453 e. The molecule has 0 N–H and O–H groups in total. The maximum absolute atomic E-state index is 12.7. The second-order valence-electron chi connectivity index (χ2n) is 7.18. The second kappa shape index (κ2) is 7.89. The van der Waals surface area contributed by atoms with E-state index in [1.807, 2.05) is 44.2 Å². The molecule has 28 heavy (non-hydrogen) atoms. The fraction of sp³-hybridized carbons (Fsp3) is 0.364. The number of hydrogen-bond acceptors (Lipinski definition) is 5. The topological polar surface area (TPSA) is 57.5 Å². The van der Waals surface area contributed by atoms with E-state index in [1.165, 1.54) is 11.3 Å². The van der Waals surface area contributed by atoms with Crippen molar-refractivity contribution in [3.8, 4) is 0 Å². The smallest absolute Gasteiger partial charge is 0.348 e. The zero-order valence-corrected chi connectivity index (χ0v) is 16.9. The van der Waals surface area contributed by atoms with E-state index in [9.17, 15) is 9.59 Å². The Morgan fingerprint density at radius 3 is 2.82 bits per heavy atom. The van der Waals surface area contributed by atoms with Crippen LogP contribution in [0.15, 0.2) is 36.4 Å². The summed E-state index contributed by atoms with van der Waals surface area (Å²) in [5, 5.41) is 1.00. The van der Waals surface area contributed by atoms with Gasteiger partial charge in [-0.2, -0.15) is 0 Å². The van der Waals surface area contributed by atoms with E-state index in [1.54, 1.807) is 6.07 Å². The SMILES string of the molecule is Cc1cc(C(=O)COC(=O)c2cc3ccccc3s2)c(C)n1CC1CCCO1. The molecule has 3 heterocycles. The molecule has 5 nitrogen and oxygen atoms in total. The molecule has 1 aliphatic heterocycles. The number of ether oxygens (including phenoxy) is 2. The highest BCUT2D eigenvalue weighted by Crippen LogP contribution is 2.26. The fourth-order valence-corrected chi connectivity index (χ4v) is 4.68. The number of benzene rings is 1. The van der Waals surface area contributed by atoms with Gasteiger partial charge in [0.05, 0.1) is 6.10 Å². The summed E-state index contributed by atoms with van der Waals surface area (Å²) < 4.78 is 14.2. The standard InChI is InChI=1S/C22H23NO4S/c1-14-10-18(15(2)23(14)12-17-7-5-9-26-17)19(24)13-27-22(25)21-11-16-6-3-4-8-20(16)28-21/h3-4,6,8,10-11,17H,5,7,9,12-13H2,1-2H3. The molecule has 146 valence electrons. The Bertz CT molecular complexity index is 994. The van der Waals surface area contributed by atoms with Crippen molar-refractivity contribution in [3.05, 3.63) is 58.2 Å². The number of aryl methyl sites for hydroxylation is 1. The minimum atomic E-state index is -0.456. The Balaban J connectivity index is 1.42. The van der Waals surface area contributed by atoms with Crippen molar-refractivity contribution in [1.82, 2.24) is 4.57 Å². The first kappa shape index (κ1) is 18.9. The highest BCUT2D eigenvalue weighted by atomic mass is 32.1. The van der Waals surface area contributed by atoms with Crippen LogP contribution in [0.2, 0.25) is 0 Å². The van der Waals surface area contributed by atoms with Crippen molar-refractivity contribution in [3.63, 3.8) is 0 Å². The lowest BCUT2D eigenvalue weighted by molar-refractivity contribution is 0.0479. The molecule has 1 unspecified atom stereocenters. The number of thiophene rings is 1. The summed E-state index contributed by atoms with van der Waals surface area (Å²) in [5.74, 6) is -0.635. The summed E-state index contributed by atoms with van der Waals surface area (Å²) in [4.78, 5) is 25.5. The Hall–Kier alpha value is -2.44. The first-order chi connectivity index (χ1) is 13.5. The highest BCUT2D eigenvalue weighted by molar-refractivity contribution is 7.20. The Labute approximate surface area is 167 Å². The Kier molecular flexibility index (Phi) is 5.33. The van der Waals surface area contributed by atoms with Gasteiger partial charge in [0.1, 0.15) is 4.88 Å². The maximum atomic E-state index is 12.7. The highest BCUT2D eigenvalue weighted by Gasteiger charge is 2.22. The first-order valence-corrected chi connectivity index (χ1v) is 10.3. The largest absolute Gasteiger partial charge is 0.453 e. The lowest BCUT2D eigenvalue weighted by Crippen LogP contribution is -2.18. The summed E-state index contributed by atoms with van der Waals surface area (Å²) in [7, 11) is 0. The van der Waals surface area contributed by atoms with Gasteiger partial charge in [0.25, 0.3) is 0 Å². The molecule has 0 radical (unpaired) electrons. The zero-order chi connectivity index (χ0) is 19.7. The van der Waals surface area contributed by atoms with E-state index in [-0.39, 0.29) is 18.5 Å². The van der Waals surface area contributed by atoms with Crippen molar-refractivity contribution < 1.29 is 19.1 Å². The molecule has 1 aromatic carbocycles. The molecule has 1 aliphatic rings. The molecule has 0 amide bonds. The molecule has 0 bridgehead atoms. The van der Waals surface area contributed by atoms with Crippen molar-refractivity contribution in [1.29, 1.82) is 0 Å². The molecule has 6 heteroatoms. The third-order valence-electron chi connectivity index (χ3n) is 5.25. The van der Waals surface area contributed by atoms with Crippen LogP contribution in [0.4, 0.5) is 0 Å². The number of aromatic nitrogens is 1. The maximum Gasteiger partial charge on any atom is 0.348 e. The lowest BCUT2D eigenvalue weighted by Gasteiger charge is -2.14. The van der Waals surface area contributed by atoms with Crippen LogP contribution in [-0.4, -0.2) is 35.6 Å². The van der Waals surface area contributed by atoms with Gasteiger partial charge in [-0.25, -0.2) is 4.79 Å². The molecule has 4 rings (SSSR count). The number of Topliss-reactive ketones (excluding diaryl/α,β-unsaturated/α-hetero) is 1. The normalized spacial score (nSPS) is 16.6. The second-order valence-corrected chi connectivity index (χ2v) is 8.26. The number of fused-ring (bicyclic) bond motifs is 1. The van der Waals surface area contributed by atoms with Crippen molar-refractivity contribution in [2.24, 2.45) is 0 Å². The number of hydrogen-bond donors (Lipinski definition) is 0. The summed E-state index contributed by atoms with van der Waals surface area (Å²) in [5.41, 5.74) is 2.53. The van der Waals surface area contributed by atoms with Crippen molar-refractivity contribution in [2.45, 2.75) is 39.3 Å². The lowest BCUT2D eigenvalue weighted by atomic mass is 10.1. The van der Waals surface area contributed by atoms with E-state index in [2.05, 4.69) is 4.57 Å². The van der Waals surface area contributed by atoms with Gasteiger partial charge in [0.2, 0.25) is 5.78 Å². The van der Waals surface area contributed by atoms with E-state index < -0.39 is 5.97 Å².